The zero-order valence-electron chi connectivity index (χ0n) is 22.3. The Hall–Kier alpha value is -2.57. The van der Waals surface area contributed by atoms with Crippen LogP contribution in [0.2, 0.25) is 20.1 Å². The molecule has 1 unspecified atom stereocenters. The number of nitrogens with zero attached hydrogens (tertiary/aromatic N) is 2. The van der Waals surface area contributed by atoms with Crippen LogP contribution < -0.4 is 9.64 Å². The van der Waals surface area contributed by atoms with Gasteiger partial charge in [-0.25, -0.2) is 4.79 Å². The van der Waals surface area contributed by atoms with Crippen molar-refractivity contribution in [3.8, 4) is 5.75 Å². The largest absolute Gasteiger partial charge is 0.496 e. The summed E-state index contributed by atoms with van der Waals surface area (Å²) < 4.78 is 14.7. The molecule has 0 amide bonds. The maximum absolute atomic E-state index is 13.7. The van der Waals surface area contributed by atoms with Crippen molar-refractivity contribution in [2.24, 2.45) is 0 Å². The number of rotatable bonds is 7. The molecule has 1 aliphatic heterocycles. The van der Waals surface area contributed by atoms with Crippen LogP contribution >= 0.6 is 46.4 Å². The van der Waals surface area contributed by atoms with Gasteiger partial charge in [-0.1, -0.05) is 77.9 Å². The third kappa shape index (κ3) is 4.09. The average molecular weight is 606 g/mol. The van der Waals surface area contributed by atoms with Gasteiger partial charge in [0.2, 0.25) is 0 Å². The first-order valence-corrected chi connectivity index (χ1v) is 14.1. The van der Waals surface area contributed by atoms with Crippen LogP contribution in [0.5, 0.6) is 5.75 Å². The lowest BCUT2D eigenvalue weighted by molar-refractivity contribution is 0.0247. The fraction of sp³-hybridized carbons (Fsp3) is 0.300. The number of methoxy groups -OCH3 is 1. The summed E-state index contributed by atoms with van der Waals surface area (Å²) in [5.74, 6) is -0.121. The third-order valence-corrected chi connectivity index (χ3v) is 9.27. The van der Waals surface area contributed by atoms with Crippen molar-refractivity contribution in [1.82, 2.24) is 4.57 Å². The molecular weight excluding hydrogens is 578 g/mol. The Balaban J connectivity index is 2.00. The van der Waals surface area contributed by atoms with E-state index in [0.29, 0.717) is 16.9 Å². The number of para-hydroxylation sites is 1. The fourth-order valence-corrected chi connectivity index (χ4v) is 6.69. The van der Waals surface area contributed by atoms with Gasteiger partial charge in [-0.3, -0.25) is 0 Å². The van der Waals surface area contributed by atoms with E-state index >= 15 is 0 Å². The van der Waals surface area contributed by atoms with Gasteiger partial charge >= 0.3 is 5.97 Å². The molecule has 3 aromatic carbocycles. The standard InChI is InChI=1S/C30H28Cl4N2O3/c1-6-7-14-36-16(2)23(18-10-8-9-11-20(18)36)30(19-13-12-17(35(3)4)15-21(19)38-5)24-22(29(37)39-30)25(31)27(33)28(34)26(24)32/h8-13,15H,6-7,14H2,1-5H3. The van der Waals surface area contributed by atoms with Crippen LogP contribution in [0.4, 0.5) is 5.69 Å². The smallest absolute Gasteiger partial charge is 0.341 e. The quantitative estimate of drug-likeness (QED) is 0.120. The summed E-state index contributed by atoms with van der Waals surface area (Å²) >= 11 is 26.7. The summed E-state index contributed by atoms with van der Waals surface area (Å²) in [4.78, 5) is 15.7. The van der Waals surface area contributed by atoms with Crippen LogP contribution in [0.1, 0.15) is 52.5 Å². The van der Waals surface area contributed by atoms with E-state index in [1.165, 1.54) is 0 Å². The van der Waals surface area contributed by atoms with E-state index < -0.39 is 11.6 Å². The molecule has 0 bridgehead atoms. The second-order valence-electron chi connectivity index (χ2n) is 9.84. The first kappa shape index (κ1) is 28.0. The number of benzene rings is 3. The van der Waals surface area contributed by atoms with Gasteiger partial charge < -0.3 is 18.9 Å². The summed E-state index contributed by atoms with van der Waals surface area (Å²) in [5, 5.41) is 1.09. The number of fused-ring (bicyclic) bond motifs is 2. The molecule has 1 atom stereocenters. The molecule has 39 heavy (non-hydrogen) atoms. The number of aromatic nitrogens is 1. The number of esters is 1. The summed E-state index contributed by atoms with van der Waals surface area (Å²) in [6, 6.07) is 13.8. The van der Waals surface area contributed by atoms with E-state index in [0.717, 1.165) is 47.2 Å². The molecule has 4 aromatic rings. The lowest BCUT2D eigenvalue weighted by atomic mass is 9.78. The molecule has 204 valence electrons. The van der Waals surface area contributed by atoms with E-state index in [2.05, 4.69) is 17.6 Å². The van der Waals surface area contributed by atoms with E-state index in [1.807, 2.05) is 62.3 Å². The highest BCUT2D eigenvalue weighted by Crippen LogP contribution is 2.58. The number of carbonyl (C=O) groups excluding carboxylic acids is 1. The van der Waals surface area contributed by atoms with E-state index in [4.69, 9.17) is 55.9 Å². The molecule has 0 saturated heterocycles. The topological polar surface area (TPSA) is 43.7 Å². The number of aryl methyl sites for hydroxylation is 1. The van der Waals surface area contributed by atoms with E-state index in [1.54, 1.807) is 7.11 Å². The Morgan fingerprint density at radius 2 is 1.67 bits per heavy atom. The second-order valence-corrected chi connectivity index (χ2v) is 11.4. The number of anilines is 1. The van der Waals surface area contributed by atoms with Crippen LogP contribution in [-0.2, 0) is 16.9 Å². The van der Waals surface area contributed by atoms with Crippen molar-refractivity contribution in [2.45, 2.75) is 38.8 Å². The van der Waals surface area contributed by atoms with Crippen molar-refractivity contribution in [1.29, 1.82) is 0 Å². The SMILES string of the molecule is CCCCn1c(C)c(C2(c3ccc(N(C)C)cc3OC)OC(=O)c3c(Cl)c(Cl)c(Cl)c(Cl)c32)c2ccccc21. The molecule has 0 fully saturated rings. The monoisotopic (exact) mass is 604 g/mol. The molecule has 9 heteroatoms. The molecule has 0 spiro atoms. The normalized spacial score (nSPS) is 16.5. The van der Waals surface area contributed by atoms with Gasteiger partial charge in [-0.2, -0.15) is 0 Å². The zero-order valence-corrected chi connectivity index (χ0v) is 25.3. The maximum atomic E-state index is 13.7. The van der Waals surface area contributed by atoms with Crippen molar-refractivity contribution in [2.75, 3.05) is 26.1 Å². The van der Waals surface area contributed by atoms with Crippen LogP contribution in [0.3, 0.4) is 0 Å². The number of hydrogen-bond donors (Lipinski definition) is 0. The van der Waals surface area contributed by atoms with Gasteiger partial charge in [-0.15, -0.1) is 0 Å². The predicted molar refractivity (Wildman–Crippen MR) is 161 cm³/mol. The number of unbranched alkanes of at least 4 members (excludes halogenated alkanes) is 1. The maximum Gasteiger partial charge on any atom is 0.341 e. The summed E-state index contributed by atoms with van der Waals surface area (Å²) in [6.45, 7) is 4.99. The molecule has 0 N–H and O–H groups in total. The lowest BCUT2D eigenvalue weighted by Crippen LogP contribution is -2.31. The van der Waals surface area contributed by atoms with Gasteiger partial charge in [0.1, 0.15) is 5.75 Å². The number of carbonyl (C=O) groups is 1. The minimum atomic E-state index is -1.52. The average Bonchev–Trinajstić information content (AvgIpc) is 3.39. The first-order valence-electron chi connectivity index (χ1n) is 12.6. The van der Waals surface area contributed by atoms with Crippen molar-refractivity contribution < 1.29 is 14.3 Å². The van der Waals surface area contributed by atoms with E-state index in [-0.39, 0.29) is 25.7 Å². The molecule has 0 aliphatic carbocycles. The molecule has 5 rings (SSSR count). The van der Waals surface area contributed by atoms with Crippen molar-refractivity contribution >= 4 is 69.0 Å². The van der Waals surface area contributed by atoms with Gasteiger partial charge in [0.25, 0.3) is 0 Å². The molecule has 2 heterocycles. The van der Waals surface area contributed by atoms with Crippen LogP contribution in [0.15, 0.2) is 42.5 Å². The van der Waals surface area contributed by atoms with Crippen molar-refractivity contribution in [3.05, 3.63) is 90.5 Å². The van der Waals surface area contributed by atoms with Gasteiger partial charge in [0.05, 0.1) is 32.8 Å². The highest BCUT2D eigenvalue weighted by molar-refractivity contribution is 6.53. The van der Waals surface area contributed by atoms with Crippen LogP contribution in [0.25, 0.3) is 10.9 Å². The molecule has 5 nitrogen and oxygen atoms in total. The molecular formula is C30H28Cl4N2O3. The number of halogens is 4. The Labute approximate surface area is 248 Å². The first-order chi connectivity index (χ1) is 18.6. The third-order valence-electron chi connectivity index (χ3n) is 7.47. The Kier molecular flexibility index (Phi) is 7.49. The Morgan fingerprint density at radius 3 is 2.33 bits per heavy atom. The minimum Gasteiger partial charge on any atom is -0.496 e. The second kappa shape index (κ2) is 10.4. The fourth-order valence-electron chi connectivity index (χ4n) is 5.62. The highest BCUT2D eigenvalue weighted by atomic mass is 35.5. The summed E-state index contributed by atoms with van der Waals surface area (Å²) in [5.41, 5.74) is 3.17. The summed E-state index contributed by atoms with van der Waals surface area (Å²) in [6.07, 6.45) is 2.01. The number of hydrogen-bond acceptors (Lipinski definition) is 4. The van der Waals surface area contributed by atoms with Gasteiger partial charge in [0, 0.05) is 65.7 Å². The zero-order chi connectivity index (χ0) is 28.2. The van der Waals surface area contributed by atoms with Gasteiger partial charge in [-0.05, 0) is 31.5 Å². The molecule has 0 saturated carbocycles. The number of ether oxygens (including phenoxy) is 2. The Morgan fingerprint density at radius 1 is 0.974 bits per heavy atom. The number of cyclic esters (lactones) is 1. The Bertz CT molecular complexity index is 1630. The van der Waals surface area contributed by atoms with Crippen LogP contribution in [-0.4, -0.2) is 31.7 Å². The molecule has 1 aromatic heterocycles. The lowest BCUT2D eigenvalue weighted by Gasteiger charge is -2.33. The van der Waals surface area contributed by atoms with E-state index in [9.17, 15) is 4.79 Å². The summed E-state index contributed by atoms with van der Waals surface area (Å²) in [7, 11) is 5.47. The van der Waals surface area contributed by atoms with Crippen LogP contribution in [0, 0.1) is 6.92 Å². The van der Waals surface area contributed by atoms with Crippen molar-refractivity contribution in [3.63, 3.8) is 0 Å². The molecule has 0 radical (unpaired) electrons. The predicted octanol–water partition coefficient (Wildman–Crippen LogP) is 8.90. The molecule has 1 aliphatic rings. The van der Waals surface area contributed by atoms with Gasteiger partial charge in [0.15, 0.2) is 5.60 Å². The highest BCUT2D eigenvalue weighted by Gasteiger charge is 2.55. The minimum absolute atomic E-state index is 0.00388.